The second-order valence-corrected chi connectivity index (χ2v) is 5.30. The van der Waals surface area contributed by atoms with Gasteiger partial charge < -0.3 is 5.11 Å². The normalized spacial score (nSPS) is 24.6. The number of benzene rings is 1. The van der Waals surface area contributed by atoms with Crippen molar-refractivity contribution in [2.45, 2.75) is 25.2 Å². The molecule has 0 aliphatic heterocycles. The zero-order valence-corrected chi connectivity index (χ0v) is 10.8. The molecule has 1 aromatic rings. The maximum atomic E-state index is 11.5. The Labute approximate surface area is 108 Å². The van der Waals surface area contributed by atoms with Crippen LogP contribution in [0.15, 0.2) is 28.7 Å². The fraction of sp³-hybridized carbons (Fsp3) is 0.385. The molecule has 2 rings (SSSR count). The van der Waals surface area contributed by atoms with E-state index in [1.54, 1.807) is 0 Å². The Bertz CT molecular complexity index is 456. The van der Waals surface area contributed by atoms with Crippen molar-refractivity contribution in [1.82, 2.24) is 0 Å². The molecule has 0 heterocycles. The van der Waals surface area contributed by atoms with Crippen LogP contribution in [0.3, 0.4) is 0 Å². The molecule has 1 aromatic carbocycles. The molecule has 90 valence electrons. The topological polar surface area (TPSA) is 54.4 Å². The van der Waals surface area contributed by atoms with Crippen LogP contribution in [0, 0.1) is 5.92 Å². The van der Waals surface area contributed by atoms with Gasteiger partial charge in [-0.3, -0.25) is 9.59 Å². The summed E-state index contributed by atoms with van der Waals surface area (Å²) in [5.74, 6) is -1.27. The SMILES string of the molecule is O=C1CCC(C(=O)O)C(c2cccc(Br)c2)C1. The third kappa shape index (κ3) is 2.75. The van der Waals surface area contributed by atoms with Crippen molar-refractivity contribution in [2.24, 2.45) is 5.92 Å². The van der Waals surface area contributed by atoms with E-state index in [0.717, 1.165) is 10.0 Å². The van der Waals surface area contributed by atoms with E-state index < -0.39 is 11.9 Å². The number of hydrogen-bond acceptors (Lipinski definition) is 2. The summed E-state index contributed by atoms with van der Waals surface area (Å²) in [4.78, 5) is 22.7. The molecule has 1 fully saturated rings. The maximum absolute atomic E-state index is 11.5. The van der Waals surface area contributed by atoms with E-state index >= 15 is 0 Å². The van der Waals surface area contributed by atoms with Crippen LogP contribution in [0.25, 0.3) is 0 Å². The Morgan fingerprint density at radius 3 is 2.82 bits per heavy atom. The Kier molecular flexibility index (Phi) is 3.62. The van der Waals surface area contributed by atoms with Gasteiger partial charge in [0.25, 0.3) is 0 Å². The Hall–Kier alpha value is -1.16. The van der Waals surface area contributed by atoms with Crippen LogP contribution in [-0.2, 0) is 9.59 Å². The quantitative estimate of drug-likeness (QED) is 0.913. The van der Waals surface area contributed by atoms with Crippen molar-refractivity contribution in [3.05, 3.63) is 34.3 Å². The molecule has 0 aromatic heterocycles. The highest BCUT2D eigenvalue weighted by Gasteiger charge is 2.35. The number of carboxylic acids is 1. The van der Waals surface area contributed by atoms with Crippen LogP contribution in [0.5, 0.6) is 0 Å². The van der Waals surface area contributed by atoms with E-state index in [1.165, 1.54) is 0 Å². The van der Waals surface area contributed by atoms with Gasteiger partial charge >= 0.3 is 5.97 Å². The lowest BCUT2D eigenvalue weighted by Crippen LogP contribution is -2.29. The van der Waals surface area contributed by atoms with Crippen LogP contribution in [0.2, 0.25) is 0 Å². The lowest BCUT2D eigenvalue weighted by molar-refractivity contribution is -0.144. The highest BCUT2D eigenvalue weighted by molar-refractivity contribution is 9.10. The molecular weight excluding hydrogens is 284 g/mol. The van der Waals surface area contributed by atoms with Gasteiger partial charge in [0.05, 0.1) is 5.92 Å². The first kappa shape index (κ1) is 12.3. The van der Waals surface area contributed by atoms with Gasteiger partial charge in [-0.1, -0.05) is 28.1 Å². The van der Waals surface area contributed by atoms with E-state index in [-0.39, 0.29) is 11.7 Å². The number of rotatable bonds is 2. The van der Waals surface area contributed by atoms with Crippen LogP contribution in [-0.4, -0.2) is 16.9 Å². The Morgan fingerprint density at radius 1 is 1.41 bits per heavy atom. The number of ketones is 1. The molecule has 2 atom stereocenters. The number of carboxylic acid groups (broad SMARTS) is 1. The smallest absolute Gasteiger partial charge is 0.307 e. The van der Waals surface area contributed by atoms with Crippen LogP contribution < -0.4 is 0 Å². The zero-order valence-electron chi connectivity index (χ0n) is 9.23. The van der Waals surface area contributed by atoms with Gasteiger partial charge in [-0.05, 0) is 24.1 Å². The van der Waals surface area contributed by atoms with Gasteiger partial charge in [0.15, 0.2) is 0 Å². The highest BCUT2D eigenvalue weighted by atomic mass is 79.9. The molecule has 1 N–H and O–H groups in total. The number of halogens is 1. The summed E-state index contributed by atoms with van der Waals surface area (Å²) in [5, 5.41) is 9.20. The Balaban J connectivity index is 2.32. The summed E-state index contributed by atoms with van der Waals surface area (Å²) in [5.41, 5.74) is 0.930. The summed E-state index contributed by atoms with van der Waals surface area (Å²) >= 11 is 3.37. The Morgan fingerprint density at radius 2 is 2.18 bits per heavy atom. The van der Waals surface area contributed by atoms with Crippen LogP contribution in [0.4, 0.5) is 0 Å². The van der Waals surface area contributed by atoms with Crippen LogP contribution >= 0.6 is 15.9 Å². The van der Waals surface area contributed by atoms with Crippen molar-refractivity contribution in [3.63, 3.8) is 0 Å². The molecule has 3 nitrogen and oxygen atoms in total. The third-order valence-corrected chi connectivity index (χ3v) is 3.75. The lowest BCUT2D eigenvalue weighted by atomic mass is 9.75. The average Bonchev–Trinajstić information content (AvgIpc) is 2.28. The van der Waals surface area contributed by atoms with Crippen molar-refractivity contribution >= 4 is 27.7 Å². The minimum absolute atomic E-state index is 0.160. The predicted octanol–water partition coefficient (Wildman–Crippen LogP) is 2.99. The first-order chi connectivity index (χ1) is 8.08. The predicted molar refractivity (Wildman–Crippen MR) is 66.9 cm³/mol. The average molecular weight is 297 g/mol. The van der Waals surface area contributed by atoms with Gasteiger partial charge in [0, 0.05) is 23.2 Å². The lowest BCUT2D eigenvalue weighted by Gasteiger charge is -2.28. The summed E-state index contributed by atoms with van der Waals surface area (Å²) in [6, 6.07) is 7.56. The fourth-order valence-electron chi connectivity index (χ4n) is 2.39. The summed E-state index contributed by atoms with van der Waals surface area (Å²) in [6.07, 6.45) is 1.18. The molecule has 0 spiro atoms. The van der Waals surface area contributed by atoms with E-state index in [2.05, 4.69) is 15.9 Å². The molecule has 4 heteroatoms. The summed E-state index contributed by atoms with van der Waals surface area (Å²) in [7, 11) is 0. The van der Waals surface area contributed by atoms with E-state index in [4.69, 9.17) is 0 Å². The van der Waals surface area contributed by atoms with Gasteiger partial charge in [0.2, 0.25) is 0 Å². The molecule has 0 bridgehead atoms. The first-order valence-corrected chi connectivity index (χ1v) is 6.37. The molecule has 0 saturated heterocycles. The van der Waals surface area contributed by atoms with Crippen molar-refractivity contribution in [2.75, 3.05) is 0 Å². The highest BCUT2D eigenvalue weighted by Crippen LogP contribution is 2.37. The van der Waals surface area contributed by atoms with E-state index in [1.807, 2.05) is 24.3 Å². The first-order valence-electron chi connectivity index (χ1n) is 5.58. The molecule has 0 radical (unpaired) electrons. The summed E-state index contributed by atoms with van der Waals surface area (Å²) in [6.45, 7) is 0. The number of hydrogen-bond donors (Lipinski definition) is 1. The van der Waals surface area contributed by atoms with Gasteiger partial charge in [-0.2, -0.15) is 0 Å². The van der Waals surface area contributed by atoms with Gasteiger partial charge in [0.1, 0.15) is 5.78 Å². The largest absolute Gasteiger partial charge is 0.481 e. The fourth-order valence-corrected chi connectivity index (χ4v) is 2.81. The number of carbonyl (C=O) groups is 2. The molecule has 2 unspecified atom stereocenters. The van der Waals surface area contributed by atoms with Gasteiger partial charge in [-0.15, -0.1) is 0 Å². The molecule has 1 saturated carbocycles. The van der Waals surface area contributed by atoms with Crippen molar-refractivity contribution in [1.29, 1.82) is 0 Å². The second kappa shape index (κ2) is 5.00. The number of carbonyl (C=O) groups excluding carboxylic acids is 1. The van der Waals surface area contributed by atoms with Crippen molar-refractivity contribution < 1.29 is 14.7 Å². The molecule has 0 amide bonds. The van der Waals surface area contributed by atoms with Crippen molar-refractivity contribution in [3.8, 4) is 0 Å². The number of Topliss-reactive ketones (excluding diaryl/α,β-unsaturated/α-hetero) is 1. The van der Waals surface area contributed by atoms with E-state index in [0.29, 0.717) is 19.3 Å². The molecule has 17 heavy (non-hydrogen) atoms. The monoisotopic (exact) mass is 296 g/mol. The summed E-state index contributed by atoms with van der Waals surface area (Å²) < 4.78 is 0.914. The molecular formula is C13H13BrO3. The molecule has 1 aliphatic rings. The molecule has 1 aliphatic carbocycles. The minimum atomic E-state index is -0.803. The maximum Gasteiger partial charge on any atom is 0.307 e. The second-order valence-electron chi connectivity index (χ2n) is 4.39. The van der Waals surface area contributed by atoms with Crippen LogP contribution in [0.1, 0.15) is 30.7 Å². The third-order valence-electron chi connectivity index (χ3n) is 3.26. The number of aliphatic carboxylic acids is 1. The minimum Gasteiger partial charge on any atom is -0.481 e. The standard InChI is InChI=1S/C13H13BrO3/c14-9-3-1-2-8(6-9)12-7-10(15)4-5-11(12)13(16)17/h1-3,6,11-12H,4-5,7H2,(H,16,17). The van der Waals surface area contributed by atoms with E-state index in [9.17, 15) is 14.7 Å². The van der Waals surface area contributed by atoms with Gasteiger partial charge in [-0.25, -0.2) is 0 Å². The zero-order chi connectivity index (χ0) is 12.4.